The molecule has 5 nitrogen and oxygen atoms in total. The molecule has 0 saturated heterocycles. The van der Waals surface area contributed by atoms with Crippen LogP contribution in [0.4, 0.5) is 0 Å². The van der Waals surface area contributed by atoms with Crippen LogP contribution in [0.5, 0.6) is 5.75 Å². The third-order valence-corrected chi connectivity index (χ3v) is 3.17. The van der Waals surface area contributed by atoms with E-state index in [-0.39, 0.29) is 18.4 Å². The zero-order valence-corrected chi connectivity index (χ0v) is 10.8. The van der Waals surface area contributed by atoms with E-state index >= 15 is 0 Å². The van der Waals surface area contributed by atoms with Gasteiger partial charge in [-0.15, -0.1) is 0 Å². The fourth-order valence-electron chi connectivity index (χ4n) is 1.90. The Bertz CT molecular complexity index is 486. The molecule has 1 fully saturated rings. The van der Waals surface area contributed by atoms with Gasteiger partial charge >= 0.3 is 5.97 Å². The number of aliphatic carboxylic acids is 1. The van der Waals surface area contributed by atoms with E-state index in [4.69, 9.17) is 9.84 Å². The standard InChI is InChI=1S/C14H17NO4/c1-9-5-12(9)14(18)15-7-10-3-2-4-11(6-10)19-8-13(16)17/h2-4,6,9,12H,5,7-8H2,1H3,(H,15,18)(H,16,17)/t9-,12+/m1/s1. The minimum Gasteiger partial charge on any atom is -0.482 e. The maximum Gasteiger partial charge on any atom is 0.341 e. The van der Waals surface area contributed by atoms with Crippen molar-refractivity contribution in [2.45, 2.75) is 19.9 Å². The molecule has 0 spiro atoms. The lowest BCUT2D eigenvalue weighted by molar-refractivity contribution is -0.139. The third kappa shape index (κ3) is 3.98. The topological polar surface area (TPSA) is 75.6 Å². The summed E-state index contributed by atoms with van der Waals surface area (Å²) >= 11 is 0. The minimum absolute atomic E-state index is 0.0874. The van der Waals surface area contributed by atoms with E-state index in [9.17, 15) is 9.59 Å². The molecule has 0 unspecified atom stereocenters. The molecule has 0 radical (unpaired) electrons. The molecule has 1 aromatic carbocycles. The molecule has 1 aliphatic carbocycles. The smallest absolute Gasteiger partial charge is 0.341 e. The minimum atomic E-state index is -1.01. The van der Waals surface area contributed by atoms with E-state index in [2.05, 4.69) is 12.2 Å². The second-order valence-corrected chi connectivity index (χ2v) is 4.87. The summed E-state index contributed by atoms with van der Waals surface area (Å²) in [6.45, 7) is 2.13. The summed E-state index contributed by atoms with van der Waals surface area (Å²) in [6, 6.07) is 7.07. The number of hydrogen-bond acceptors (Lipinski definition) is 3. The van der Waals surface area contributed by atoms with Crippen molar-refractivity contribution in [1.82, 2.24) is 5.32 Å². The van der Waals surface area contributed by atoms with Crippen LogP contribution in [0.3, 0.4) is 0 Å². The van der Waals surface area contributed by atoms with Crippen LogP contribution in [-0.4, -0.2) is 23.6 Å². The molecule has 2 atom stereocenters. The number of benzene rings is 1. The normalized spacial score (nSPS) is 20.7. The van der Waals surface area contributed by atoms with Crippen molar-refractivity contribution in [2.75, 3.05) is 6.61 Å². The van der Waals surface area contributed by atoms with Gasteiger partial charge in [0.25, 0.3) is 0 Å². The fourth-order valence-corrected chi connectivity index (χ4v) is 1.90. The Morgan fingerprint density at radius 2 is 2.21 bits per heavy atom. The predicted octanol–water partition coefficient (Wildman–Crippen LogP) is 1.42. The van der Waals surface area contributed by atoms with E-state index in [1.165, 1.54) is 0 Å². The van der Waals surface area contributed by atoms with Crippen LogP contribution in [0.2, 0.25) is 0 Å². The first kappa shape index (κ1) is 13.4. The number of nitrogens with one attached hydrogen (secondary N) is 1. The highest BCUT2D eigenvalue weighted by Gasteiger charge is 2.38. The molecule has 0 bridgehead atoms. The first-order chi connectivity index (χ1) is 9.06. The summed E-state index contributed by atoms with van der Waals surface area (Å²) in [5.74, 6) is 0.219. The highest BCUT2D eigenvalue weighted by Crippen LogP contribution is 2.37. The molecular weight excluding hydrogens is 246 g/mol. The van der Waals surface area contributed by atoms with Gasteiger partial charge in [-0.2, -0.15) is 0 Å². The highest BCUT2D eigenvalue weighted by atomic mass is 16.5. The summed E-state index contributed by atoms with van der Waals surface area (Å²) in [5.41, 5.74) is 0.893. The molecule has 19 heavy (non-hydrogen) atoms. The van der Waals surface area contributed by atoms with Crippen molar-refractivity contribution in [3.63, 3.8) is 0 Å². The third-order valence-electron chi connectivity index (χ3n) is 3.17. The van der Waals surface area contributed by atoms with Gasteiger partial charge in [-0.1, -0.05) is 19.1 Å². The number of carboxylic acid groups (broad SMARTS) is 1. The quantitative estimate of drug-likeness (QED) is 0.814. The van der Waals surface area contributed by atoms with Crippen LogP contribution in [-0.2, 0) is 16.1 Å². The number of hydrogen-bond donors (Lipinski definition) is 2. The molecule has 1 saturated carbocycles. The average molecular weight is 263 g/mol. The summed E-state index contributed by atoms with van der Waals surface area (Å²) in [6.07, 6.45) is 0.966. The van der Waals surface area contributed by atoms with Gasteiger partial charge < -0.3 is 15.2 Å². The molecule has 0 aliphatic heterocycles. The Kier molecular flexibility index (Phi) is 4.04. The Morgan fingerprint density at radius 1 is 1.47 bits per heavy atom. The van der Waals surface area contributed by atoms with Crippen LogP contribution in [0.25, 0.3) is 0 Å². The van der Waals surface area contributed by atoms with Gasteiger partial charge in [0.05, 0.1) is 0 Å². The van der Waals surface area contributed by atoms with Crippen molar-refractivity contribution >= 4 is 11.9 Å². The summed E-state index contributed by atoms with van der Waals surface area (Å²) in [4.78, 5) is 22.1. The number of rotatable bonds is 6. The second kappa shape index (κ2) is 5.73. The van der Waals surface area contributed by atoms with E-state index in [1.807, 2.05) is 6.07 Å². The van der Waals surface area contributed by atoms with Crippen molar-refractivity contribution < 1.29 is 19.4 Å². The molecule has 1 aliphatic rings. The molecule has 0 heterocycles. The molecule has 1 amide bonds. The Balaban J connectivity index is 1.84. The van der Waals surface area contributed by atoms with Crippen LogP contribution >= 0.6 is 0 Å². The lowest BCUT2D eigenvalue weighted by Crippen LogP contribution is -2.24. The van der Waals surface area contributed by atoms with Crippen molar-refractivity contribution in [3.05, 3.63) is 29.8 Å². The van der Waals surface area contributed by atoms with E-state index in [0.29, 0.717) is 18.2 Å². The van der Waals surface area contributed by atoms with Gasteiger partial charge in [-0.3, -0.25) is 4.79 Å². The highest BCUT2D eigenvalue weighted by molar-refractivity contribution is 5.81. The number of carboxylic acids is 1. The number of ether oxygens (including phenoxy) is 1. The molecule has 0 aromatic heterocycles. The van der Waals surface area contributed by atoms with E-state index < -0.39 is 5.97 Å². The van der Waals surface area contributed by atoms with Crippen LogP contribution in [0.15, 0.2) is 24.3 Å². The lowest BCUT2D eigenvalue weighted by Gasteiger charge is -2.07. The van der Waals surface area contributed by atoms with Gasteiger partial charge in [0, 0.05) is 12.5 Å². The molecule has 5 heteroatoms. The van der Waals surface area contributed by atoms with Gasteiger partial charge in [0.15, 0.2) is 6.61 Å². The molecule has 102 valence electrons. The van der Waals surface area contributed by atoms with Gasteiger partial charge in [-0.05, 0) is 30.0 Å². The van der Waals surface area contributed by atoms with Crippen LogP contribution in [0.1, 0.15) is 18.9 Å². The summed E-state index contributed by atoms with van der Waals surface area (Å²) in [5, 5.41) is 11.4. The first-order valence-corrected chi connectivity index (χ1v) is 6.27. The lowest BCUT2D eigenvalue weighted by atomic mass is 10.2. The zero-order chi connectivity index (χ0) is 13.8. The Hall–Kier alpha value is -2.04. The molecule has 1 aromatic rings. The maximum atomic E-state index is 11.7. The predicted molar refractivity (Wildman–Crippen MR) is 68.7 cm³/mol. The van der Waals surface area contributed by atoms with Gasteiger partial charge in [0.1, 0.15) is 5.75 Å². The van der Waals surface area contributed by atoms with Gasteiger partial charge in [0.2, 0.25) is 5.91 Å². The largest absolute Gasteiger partial charge is 0.482 e. The molecular formula is C14H17NO4. The molecule has 2 N–H and O–H groups in total. The second-order valence-electron chi connectivity index (χ2n) is 4.87. The first-order valence-electron chi connectivity index (χ1n) is 6.27. The number of carbonyl (C=O) groups excluding carboxylic acids is 1. The zero-order valence-electron chi connectivity index (χ0n) is 10.8. The average Bonchev–Trinajstić information content (AvgIpc) is 3.11. The van der Waals surface area contributed by atoms with Crippen molar-refractivity contribution in [2.24, 2.45) is 11.8 Å². The summed E-state index contributed by atoms with van der Waals surface area (Å²) < 4.78 is 5.08. The number of carbonyl (C=O) groups is 2. The summed E-state index contributed by atoms with van der Waals surface area (Å²) in [7, 11) is 0. The Labute approximate surface area is 111 Å². The van der Waals surface area contributed by atoms with Crippen molar-refractivity contribution in [3.8, 4) is 5.75 Å². The van der Waals surface area contributed by atoms with E-state index in [0.717, 1.165) is 12.0 Å². The SMILES string of the molecule is C[C@@H]1C[C@@H]1C(=O)NCc1cccc(OCC(=O)O)c1. The monoisotopic (exact) mass is 263 g/mol. The van der Waals surface area contributed by atoms with E-state index in [1.54, 1.807) is 18.2 Å². The molecule has 2 rings (SSSR count). The van der Waals surface area contributed by atoms with Gasteiger partial charge in [-0.25, -0.2) is 4.79 Å². The van der Waals surface area contributed by atoms with Crippen LogP contribution in [0, 0.1) is 11.8 Å². The van der Waals surface area contributed by atoms with Crippen LogP contribution < -0.4 is 10.1 Å². The van der Waals surface area contributed by atoms with Crippen molar-refractivity contribution in [1.29, 1.82) is 0 Å². The number of amides is 1. The Morgan fingerprint density at radius 3 is 2.84 bits per heavy atom. The maximum absolute atomic E-state index is 11.7. The fraction of sp³-hybridized carbons (Fsp3) is 0.429.